The van der Waals surface area contributed by atoms with Crippen LogP contribution in [0.15, 0.2) is 15.9 Å². The Morgan fingerprint density at radius 1 is 1.46 bits per heavy atom. The van der Waals surface area contributed by atoms with Crippen LogP contribution in [-0.4, -0.2) is 20.6 Å². The summed E-state index contributed by atoms with van der Waals surface area (Å²) in [5, 5.41) is 3.68. The zero-order chi connectivity index (χ0) is 9.84. The van der Waals surface area contributed by atoms with Gasteiger partial charge in [-0.25, -0.2) is 4.68 Å². The predicted molar refractivity (Wildman–Crippen MR) is 44.5 cm³/mol. The topological polar surface area (TPSA) is 74.0 Å². The lowest BCUT2D eigenvalue weighted by Crippen LogP contribution is -2.42. The second-order valence-corrected chi connectivity index (χ2v) is 2.38. The van der Waals surface area contributed by atoms with Crippen molar-refractivity contribution in [3.63, 3.8) is 0 Å². The minimum absolute atomic E-state index is 0.133. The number of carbonyl (C=O) groups is 1. The van der Waals surface area contributed by atoms with Gasteiger partial charge in [-0.3, -0.25) is 14.2 Å². The molecule has 0 atom stereocenters. The second-order valence-electron chi connectivity index (χ2n) is 2.38. The summed E-state index contributed by atoms with van der Waals surface area (Å²) in [4.78, 5) is 32.4. The zero-order valence-corrected chi connectivity index (χ0v) is 7.14. The Balaban J connectivity index is 3.32. The molecule has 0 saturated heterocycles. The Morgan fingerprint density at radius 2 is 2.15 bits per heavy atom. The van der Waals surface area contributed by atoms with Crippen LogP contribution in [0.4, 0.5) is 0 Å². The molecule has 0 amide bonds. The lowest BCUT2D eigenvalue weighted by Gasteiger charge is -2.01. The van der Waals surface area contributed by atoms with E-state index in [1.807, 2.05) is 0 Å². The molecule has 1 aromatic heterocycles. The van der Waals surface area contributed by atoms with Crippen molar-refractivity contribution in [3.05, 3.63) is 27.0 Å². The van der Waals surface area contributed by atoms with Gasteiger partial charge in [0.25, 0.3) is 0 Å². The van der Waals surface area contributed by atoms with Crippen molar-refractivity contribution in [1.29, 1.82) is 0 Å². The molecule has 0 bridgehead atoms. The SMILES string of the molecule is CCn1ncn(CC=O)c(=O)c1=O. The van der Waals surface area contributed by atoms with E-state index in [0.717, 1.165) is 9.25 Å². The number of aromatic nitrogens is 3. The van der Waals surface area contributed by atoms with Crippen LogP contribution < -0.4 is 11.1 Å². The molecule has 0 fully saturated rings. The molecule has 0 unspecified atom stereocenters. The molecule has 0 aliphatic rings. The van der Waals surface area contributed by atoms with Crippen LogP contribution in [0.5, 0.6) is 0 Å². The van der Waals surface area contributed by atoms with E-state index in [1.165, 1.54) is 6.33 Å². The van der Waals surface area contributed by atoms with E-state index in [2.05, 4.69) is 5.10 Å². The van der Waals surface area contributed by atoms with E-state index >= 15 is 0 Å². The molecule has 13 heavy (non-hydrogen) atoms. The summed E-state index contributed by atoms with van der Waals surface area (Å²) in [5.74, 6) is 0. The molecule has 6 heteroatoms. The summed E-state index contributed by atoms with van der Waals surface area (Å²) in [6.45, 7) is 1.92. The molecule has 0 N–H and O–H groups in total. The zero-order valence-electron chi connectivity index (χ0n) is 7.14. The highest BCUT2D eigenvalue weighted by Crippen LogP contribution is 1.72. The molecule has 0 saturated carbocycles. The van der Waals surface area contributed by atoms with Crippen molar-refractivity contribution in [2.45, 2.75) is 20.0 Å². The van der Waals surface area contributed by atoms with Gasteiger partial charge in [-0.15, -0.1) is 0 Å². The Hall–Kier alpha value is -1.72. The molecular formula is C7H9N3O3. The van der Waals surface area contributed by atoms with Crippen LogP contribution in [0.3, 0.4) is 0 Å². The van der Waals surface area contributed by atoms with Gasteiger partial charge in [0.05, 0.1) is 6.54 Å². The molecule has 0 spiro atoms. The minimum atomic E-state index is -0.719. The summed E-state index contributed by atoms with van der Waals surface area (Å²) in [7, 11) is 0. The average molecular weight is 183 g/mol. The third-order valence-electron chi connectivity index (χ3n) is 1.58. The highest BCUT2D eigenvalue weighted by molar-refractivity contribution is 5.48. The van der Waals surface area contributed by atoms with Gasteiger partial charge in [0, 0.05) is 6.54 Å². The number of nitrogens with zero attached hydrogens (tertiary/aromatic N) is 3. The maximum absolute atomic E-state index is 11.2. The van der Waals surface area contributed by atoms with Crippen LogP contribution in [0.2, 0.25) is 0 Å². The first-order valence-electron chi connectivity index (χ1n) is 3.81. The molecule has 1 rings (SSSR count). The normalized spacial score (nSPS) is 9.92. The first kappa shape index (κ1) is 9.37. The first-order valence-corrected chi connectivity index (χ1v) is 3.81. The first-order chi connectivity index (χ1) is 6.20. The van der Waals surface area contributed by atoms with Crippen molar-refractivity contribution in [3.8, 4) is 0 Å². The smallest absolute Gasteiger partial charge is 0.301 e. The van der Waals surface area contributed by atoms with Gasteiger partial charge in [0.1, 0.15) is 12.6 Å². The molecule has 1 heterocycles. The monoisotopic (exact) mass is 183 g/mol. The molecule has 0 radical (unpaired) electrons. The lowest BCUT2D eigenvalue weighted by atomic mass is 10.6. The Morgan fingerprint density at radius 3 is 2.69 bits per heavy atom. The standard InChI is InChI=1S/C7H9N3O3/c1-2-10-7(13)6(12)9(3-4-11)5-8-10/h4-5H,2-3H2,1H3. The fourth-order valence-corrected chi connectivity index (χ4v) is 0.898. The van der Waals surface area contributed by atoms with Crippen LogP contribution in [-0.2, 0) is 17.9 Å². The molecule has 0 aliphatic carbocycles. The van der Waals surface area contributed by atoms with Crippen LogP contribution in [0.1, 0.15) is 6.92 Å². The third kappa shape index (κ3) is 1.71. The fraction of sp³-hybridized carbons (Fsp3) is 0.429. The summed E-state index contributed by atoms with van der Waals surface area (Å²) in [6.07, 6.45) is 1.72. The number of rotatable bonds is 3. The number of aldehydes is 1. The van der Waals surface area contributed by atoms with Gasteiger partial charge in [-0.2, -0.15) is 5.10 Å². The number of carbonyl (C=O) groups excluding carboxylic acids is 1. The van der Waals surface area contributed by atoms with Crippen molar-refractivity contribution in [2.24, 2.45) is 0 Å². The molecule has 1 aromatic rings. The number of aryl methyl sites for hydroxylation is 1. The summed E-state index contributed by atoms with van der Waals surface area (Å²) < 4.78 is 2.02. The van der Waals surface area contributed by atoms with Gasteiger partial charge in [-0.1, -0.05) is 0 Å². The number of hydrogen-bond donors (Lipinski definition) is 0. The highest BCUT2D eigenvalue weighted by Gasteiger charge is 2.03. The van der Waals surface area contributed by atoms with E-state index < -0.39 is 11.1 Å². The van der Waals surface area contributed by atoms with E-state index in [0.29, 0.717) is 12.8 Å². The van der Waals surface area contributed by atoms with Crippen molar-refractivity contribution in [1.82, 2.24) is 14.3 Å². The summed E-state index contributed by atoms with van der Waals surface area (Å²) in [5.41, 5.74) is -1.42. The van der Waals surface area contributed by atoms with Crippen LogP contribution in [0, 0.1) is 0 Å². The molecule has 0 aliphatic heterocycles. The third-order valence-corrected chi connectivity index (χ3v) is 1.58. The number of hydrogen-bond acceptors (Lipinski definition) is 4. The van der Waals surface area contributed by atoms with Crippen LogP contribution >= 0.6 is 0 Å². The van der Waals surface area contributed by atoms with E-state index in [4.69, 9.17) is 0 Å². The lowest BCUT2D eigenvalue weighted by molar-refractivity contribution is -0.108. The Bertz CT molecular complexity index is 418. The highest BCUT2D eigenvalue weighted by atomic mass is 16.2. The predicted octanol–water partition coefficient (Wildman–Crippen LogP) is -1.38. The minimum Gasteiger partial charge on any atom is -0.301 e. The van der Waals surface area contributed by atoms with Gasteiger partial charge < -0.3 is 4.79 Å². The Kier molecular flexibility index (Phi) is 2.73. The molecule has 6 nitrogen and oxygen atoms in total. The van der Waals surface area contributed by atoms with Crippen molar-refractivity contribution < 1.29 is 4.79 Å². The second kappa shape index (κ2) is 3.79. The average Bonchev–Trinajstić information content (AvgIpc) is 2.14. The summed E-state index contributed by atoms with van der Waals surface area (Å²) >= 11 is 0. The van der Waals surface area contributed by atoms with Gasteiger partial charge in [0.15, 0.2) is 0 Å². The van der Waals surface area contributed by atoms with E-state index in [-0.39, 0.29) is 6.54 Å². The maximum Gasteiger partial charge on any atom is 0.332 e. The van der Waals surface area contributed by atoms with Gasteiger partial charge >= 0.3 is 11.1 Å². The Labute approximate surface area is 73.4 Å². The van der Waals surface area contributed by atoms with Gasteiger partial charge in [-0.05, 0) is 6.92 Å². The van der Waals surface area contributed by atoms with Crippen LogP contribution in [0.25, 0.3) is 0 Å². The molecule has 70 valence electrons. The molecular weight excluding hydrogens is 174 g/mol. The van der Waals surface area contributed by atoms with Gasteiger partial charge in [0.2, 0.25) is 0 Å². The quantitative estimate of drug-likeness (QED) is 0.427. The van der Waals surface area contributed by atoms with Crippen molar-refractivity contribution in [2.75, 3.05) is 0 Å². The van der Waals surface area contributed by atoms with E-state index in [1.54, 1.807) is 6.92 Å². The van der Waals surface area contributed by atoms with Crippen molar-refractivity contribution >= 4 is 6.29 Å². The molecule has 0 aromatic carbocycles. The summed E-state index contributed by atoms with van der Waals surface area (Å²) in [6, 6.07) is 0. The fourth-order valence-electron chi connectivity index (χ4n) is 0.898. The van der Waals surface area contributed by atoms with E-state index in [9.17, 15) is 14.4 Å². The largest absolute Gasteiger partial charge is 0.332 e. The maximum atomic E-state index is 11.2.